The molecule has 25 heavy (non-hydrogen) atoms. The molecule has 1 aliphatic rings. The summed E-state index contributed by atoms with van der Waals surface area (Å²) in [7, 11) is -3.22. The molecular weight excluding hydrogens is 336 g/mol. The van der Waals surface area contributed by atoms with E-state index in [2.05, 4.69) is 17.4 Å². The van der Waals surface area contributed by atoms with Crippen molar-refractivity contribution >= 4 is 15.9 Å². The van der Waals surface area contributed by atoms with Gasteiger partial charge < -0.3 is 5.32 Å². The minimum Gasteiger partial charge on any atom is -0.353 e. The highest BCUT2D eigenvalue weighted by molar-refractivity contribution is 7.89. The summed E-state index contributed by atoms with van der Waals surface area (Å²) in [4.78, 5) is 12.5. The van der Waals surface area contributed by atoms with Crippen molar-refractivity contribution in [2.45, 2.75) is 52.0 Å². The van der Waals surface area contributed by atoms with Crippen molar-refractivity contribution in [1.82, 2.24) is 9.62 Å². The zero-order valence-electron chi connectivity index (χ0n) is 15.3. The number of sulfonamides is 1. The maximum atomic E-state index is 12.5. The Labute approximate surface area is 151 Å². The monoisotopic (exact) mass is 366 g/mol. The number of aryl methyl sites for hydroxylation is 1. The van der Waals surface area contributed by atoms with Crippen LogP contribution in [0.4, 0.5) is 0 Å². The van der Waals surface area contributed by atoms with Crippen LogP contribution >= 0.6 is 0 Å². The Bertz CT molecular complexity index is 646. The summed E-state index contributed by atoms with van der Waals surface area (Å²) in [5.74, 6) is -0.0917. The fourth-order valence-electron chi connectivity index (χ4n) is 3.26. The first kappa shape index (κ1) is 19.9. The highest BCUT2D eigenvalue weighted by Crippen LogP contribution is 2.20. The number of benzene rings is 1. The fraction of sp³-hybridized carbons (Fsp3) is 0.632. The molecule has 0 aliphatic carbocycles. The lowest BCUT2D eigenvalue weighted by Crippen LogP contribution is -2.47. The first-order chi connectivity index (χ1) is 11.9. The van der Waals surface area contributed by atoms with E-state index in [1.165, 1.54) is 9.87 Å². The van der Waals surface area contributed by atoms with Gasteiger partial charge in [-0.3, -0.25) is 4.79 Å². The summed E-state index contributed by atoms with van der Waals surface area (Å²) in [6, 6.07) is 10.3. The highest BCUT2D eigenvalue weighted by Gasteiger charge is 2.32. The molecular formula is C19H30N2O3S. The van der Waals surface area contributed by atoms with E-state index in [9.17, 15) is 13.2 Å². The van der Waals surface area contributed by atoms with Crippen molar-refractivity contribution in [1.29, 1.82) is 0 Å². The molecule has 2 rings (SSSR count). The number of carbonyl (C=O) groups is 1. The average Bonchev–Trinajstić information content (AvgIpc) is 2.61. The maximum Gasteiger partial charge on any atom is 0.224 e. The van der Waals surface area contributed by atoms with Crippen LogP contribution in [0.15, 0.2) is 30.3 Å². The van der Waals surface area contributed by atoms with E-state index < -0.39 is 10.0 Å². The smallest absolute Gasteiger partial charge is 0.224 e. The van der Waals surface area contributed by atoms with Gasteiger partial charge in [-0.15, -0.1) is 0 Å². The summed E-state index contributed by atoms with van der Waals surface area (Å²) >= 11 is 0. The molecule has 1 aromatic carbocycles. The van der Waals surface area contributed by atoms with Gasteiger partial charge in [0.15, 0.2) is 0 Å². The SMILES string of the molecule is CCCS(=O)(=O)N1CCC[C@@H](C(=O)N[C@@H](C)CCc2ccccc2)C1. The van der Waals surface area contributed by atoms with Crippen LogP contribution in [0.5, 0.6) is 0 Å². The number of rotatable bonds is 8. The van der Waals surface area contributed by atoms with E-state index >= 15 is 0 Å². The molecule has 1 aliphatic heterocycles. The molecule has 1 fully saturated rings. The van der Waals surface area contributed by atoms with Gasteiger partial charge in [0.2, 0.25) is 15.9 Å². The standard InChI is InChI=1S/C19H30N2O3S/c1-3-14-25(23,24)21-13-7-10-18(15-21)19(22)20-16(2)11-12-17-8-5-4-6-9-17/h4-6,8-9,16,18H,3,7,10-15H2,1-2H3,(H,20,22)/t16-,18+/m0/s1. The van der Waals surface area contributed by atoms with Crippen LogP contribution in [0.25, 0.3) is 0 Å². The van der Waals surface area contributed by atoms with Gasteiger partial charge in [0.25, 0.3) is 0 Å². The van der Waals surface area contributed by atoms with Crippen LogP contribution in [-0.2, 0) is 21.2 Å². The summed E-state index contributed by atoms with van der Waals surface area (Å²) in [5, 5.41) is 3.06. The van der Waals surface area contributed by atoms with Crippen molar-refractivity contribution in [2.24, 2.45) is 5.92 Å². The third-order valence-corrected chi connectivity index (χ3v) is 6.75. The van der Waals surface area contributed by atoms with Gasteiger partial charge >= 0.3 is 0 Å². The Balaban J connectivity index is 1.83. The molecule has 6 heteroatoms. The predicted octanol–water partition coefficient (Wildman–Crippen LogP) is 2.58. The van der Waals surface area contributed by atoms with E-state index in [1.807, 2.05) is 32.0 Å². The van der Waals surface area contributed by atoms with E-state index in [-0.39, 0.29) is 23.6 Å². The van der Waals surface area contributed by atoms with Crippen LogP contribution in [-0.4, -0.2) is 43.5 Å². The van der Waals surface area contributed by atoms with Crippen molar-refractivity contribution < 1.29 is 13.2 Å². The summed E-state index contributed by atoms with van der Waals surface area (Å²) in [6.45, 7) is 4.73. The Hall–Kier alpha value is -1.40. The zero-order valence-corrected chi connectivity index (χ0v) is 16.1. The van der Waals surface area contributed by atoms with E-state index in [0.29, 0.717) is 19.5 Å². The lowest BCUT2D eigenvalue weighted by Gasteiger charge is -2.31. The van der Waals surface area contributed by atoms with E-state index in [1.54, 1.807) is 0 Å². The molecule has 0 aromatic heterocycles. The molecule has 0 spiro atoms. The van der Waals surface area contributed by atoms with Gasteiger partial charge in [0.05, 0.1) is 11.7 Å². The van der Waals surface area contributed by atoms with Crippen LogP contribution < -0.4 is 5.32 Å². The molecule has 1 amide bonds. The number of nitrogens with zero attached hydrogens (tertiary/aromatic N) is 1. The van der Waals surface area contributed by atoms with Gasteiger partial charge in [-0.1, -0.05) is 37.3 Å². The molecule has 140 valence electrons. The lowest BCUT2D eigenvalue weighted by atomic mass is 9.98. The number of nitrogens with one attached hydrogen (secondary N) is 1. The third kappa shape index (κ3) is 6.12. The van der Waals surface area contributed by atoms with Crippen LogP contribution in [0.3, 0.4) is 0 Å². The zero-order chi connectivity index (χ0) is 18.3. The first-order valence-corrected chi connectivity index (χ1v) is 10.9. The molecule has 0 bridgehead atoms. The van der Waals surface area contributed by atoms with Gasteiger partial charge in [-0.2, -0.15) is 0 Å². The molecule has 0 unspecified atom stereocenters. The Morgan fingerprint density at radius 1 is 1.32 bits per heavy atom. The summed E-state index contributed by atoms with van der Waals surface area (Å²) < 4.78 is 26.0. The molecule has 0 saturated carbocycles. The van der Waals surface area contributed by atoms with Gasteiger partial charge in [-0.05, 0) is 44.6 Å². The van der Waals surface area contributed by atoms with Crippen LogP contribution in [0, 0.1) is 5.92 Å². The first-order valence-electron chi connectivity index (χ1n) is 9.24. The largest absolute Gasteiger partial charge is 0.353 e. The number of hydrogen-bond donors (Lipinski definition) is 1. The molecule has 1 heterocycles. The van der Waals surface area contributed by atoms with Crippen molar-refractivity contribution in [3.8, 4) is 0 Å². The fourth-order valence-corrected chi connectivity index (χ4v) is 4.85. The third-order valence-electron chi connectivity index (χ3n) is 4.71. The van der Waals surface area contributed by atoms with E-state index in [0.717, 1.165) is 25.7 Å². The van der Waals surface area contributed by atoms with Gasteiger partial charge in [0.1, 0.15) is 0 Å². The minimum atomic E-state index is -3.22. The second-order valence-corrected chi connectivity index (χ2v) is 9.04. The van der Waals surface area contributed by atoms with Crippen LogP contribution in [0.2, 0.25) is 0 Å². The molecule has 1 aromatic rings. The summed E-state index contributed by atoms with van der Waals surface area (Å²) in [6.07, 6.45) is 3.91. The Kier molecular flexibility index (Phi) is 7.44. The molecule has 1 saturated heterocycles. The highest BCUT2D eigenvalue weighted by atomic mass is 32.2. The average molecular weight is 367 g/mol. The topological polar surface area (TPSA) is 66.5 Å². The number of carbonyl (C=O) groups excluding carboxylic acids is 1. The molecule has 0 radical (unpaired) electrons. The summed E-state index contributed by atoms with van der Waals surface area (Å²) in [5.41, 5.74) is 1.26. The number of amides is 1. The normalized spacial score (nSPS) is 20.2. The predicted molar refractivity (Wildman–Crippen MR) is 101 cm³/mol. The quantitative estimate of drug-likeness (QED) is 0.769. The van der Waals surface area contributed by atoms with Crippen molar-refractivity contribution in [2.75, 3.05) is 18.8 Å². The lowest BCUT2D eigenvalue weighted by molar-refractivity contribution is -0.126. The molecule has 5 nitrogen and oxygen atoms in total. The van der Waals surface area contributed by atoms with Gasteiger partial charge in [-0.25, -0.2) is 12.7 Å². The van der Waals surface area contributed by atoms with Gasteiger partial charge in [0, 0.05) is 19.1 Å². The number of hydrogen-bond acceptors (Lipinski definition) is 3. The second-order valence-electron chi connectivity index (χ2n) is 6.95. The number of piperidine rings is 1. The van der Waals surface area contributed by atoms with E-state index in [4.69, 9.17) is 0 Å². The molecule has 1 N–H and O–H groups in total. The maximum absolute atomic E-state index is 12.5. The van der Waals surface area contributed by atoms with Crippen molar-refractivity contribution in [3.63, 3.8) is 0 Å². The Morgan fingerprint density at radius 2 is 2.04 bits per heavy atom. The van der Waals surface area contributed by atoms with Crippen LogP contribution in [0.1, 0.15) is 45.1 Å². The Morgan fingerprint density at radius 3 is 2.72 bits per heavy atom. The minimum absolute atomic E-state index is 0.0167. The molecule has 2 atom stereocenters. The second kappa shape index (κ2) is 9.34. The van der Waals surface area contributed by atoms with Crippen molar-refractivity contribution in [3.05, 3.63) is 35.9 Å².